The predicted molar refractivity (Wildman–Crippen MR) is 116 cm³/mol. The molecule has 0 unspecified atom stereocenters. The van der Waals surface area contributed by atoms with Gasteiger partial charge in [-0.3, -0.25) is 4.79 Å². The van der Waals surface area contributed by atoms with Crippen molar-refractivity contribution >= 4 is 23.0 Å². The van der Waals surface area contributed by atoms with E-state index in [4.69, 9.17) is 0 Å². The largest absolute Gasteiger partial charge is 0.322 e. The highest BCUT2D eigenvalue weighted by Gasteiger charge is 2.09. The predicted octanol–water partition coefficient (Wildman–Crippen LogP) is 5.55. The van der Waals surface area contributed by atoms with Crippen LogP contribution in [0, 0.1) is 13.8 Å². The smallest absolute Gasteiger partial charge is 0.257 e. The lowest BCUT2D eigenvalue weighted by molar-refractivity contribution is 0.102. The fourth-order valence-corrected chi connectivity index (χ4v) is 2.93. The van der Waals surface area contributed by atoms with E-state index in [0.717, 1.165) is 17.1 Å². The monoisotopic (exact) mass is 396 g/mol. The van der Waals surface area contributed by atoms with Crippen molar-refractivity contribution in [3.8, 4) is 5.82 Å². The zero-order valence-corrected chi connectivity index (χ0v) is 16.6. The molecule has 0 saturated heterocycles. The molecule has 1 amide bonds. The van der Waals surface area contributed by atoms with Gasteiger partial charge in [0.05, 0.1) is 22.6 Å². The van der Waals surface area contributed by atoms with Crippen LogP contribution in [0.1, 0.15) is 21.7 Å². The summed E-state index contributed by atoms with van der Waals surface area (Å²) in [6, 6.07) is 22.2. The minimum atomic E-state index is -0.235. The summed E-state index contributed by atoms with van der Waals surface area (Å²) < 4.78 is 1.75. The third-order valence-corrected chi connectivity index (χ3v) is 4.40. The van der Waals surface area contributed by atoms with Crippen molar-refractivity contribution in [2.24, 2.45) is 10.2 Å². The van der Waals surface area contributed by atoms with Crippen LogP contribution in [0.4, 0.5) is 17.1 Å². The number of rotatable bonds is 5. The lowest BCUT2D eigenvalue weighted by Crippen LogP contribution is -2.12. The van der Waals surface area contributed by atoms with Gasteiger partial charge in [0.2, 0.25) is 0 Å². The second-order valence-corrected chi connectivity index (χ2v) is 6.78. The van der Waals surface area contributed by atoms with Gasteiger partial charge in [-0.25, -0.2) is 9.67 Å². The summed E-state index contributed by atoms with van der Waals surface area (Å²) >= 11 is 0. The fourth-order valence-electron chi connectivity index (χ4n) is 2.93. The number of pyridine rings is 1. The number of amides is 1. The van der Waals surface area contributed by atoms with Gasteiger partial charge in [0.25, 0.3) is 5.91 Å². The first-order chi connectivity index (χ1) is 14.6. The van der Waals surface area contributed by atoms with Gasteiger partial charge >= 0.3 is 0 Å². The number of nitrogens with zero attached hydrogens (tertiary/aromatic N) is 5. The molecule has 0 aliphatic rings. The van der Waals surface area contributed by atoms with Gasteiger partial charge in [0, 0.05) is 17.6 Å². The molecule has 4 aromatic rings. The summed E-state index contributed by atoms with van der Waals surface area (Å²) in [7, 11) is 0. The highest BCUT2D eigenvalue weighted by molar-refractivity contribution is 6.04. The van der Waals surface area contributed by atoms with E-state index in [0.29, 0.717) is 22.8 Å². The van der Waals surface area contributed by atoms with E-state index >= 15 is 0 Å². The standard InChI is InChI=1S/C23H20N6O/c1-16-14-17(2)29(28-16)22-13-8-18(15-24-22)23(30)25-19-9-11-21(12-10-19)27-26-20-6-4-3-5-7-20/h3-15H,1-2H3,(H,25,30). The molecule has 0 saturated carbocycles. The van der Waals surface area contributed by atoms with Crippen LogP contribution >= 0.6 is 0 Å². The van der Waals surface area contributed by atoms with E-state index in [9.17, 15) is 4.79 Å². The molecule has 2 aromatic heterocycles. The van der Waals surface area contributed by atoms with Gasteiger partial charge in [-0.1, -0.05) is 18.2 Å². The second-order valence-electron chi connectivity index (χ2n) is 6.78. The highest BCUT2D eigenvalue weighted by Crippen LogP contribution is 2.20. The van der Waals surface area contributed by atoms with E-state index in [-0.39, 0.29) is 5.91 Å². The first kappa shape index (κ1) is 19.2. The Hall–Kier alpha value is -4.13. The third kappa shape index (κ3) is 4.47. The quantitative estimate of drug-likeness (QED) is 0.449. The molecule has 148 valence electrons. The van der Waals surface area contributed by atoms with Gasteiger partial charge < -0.3 is 5.32 Å². The number of aryl methyl sites for hydroxylation is 2. The van der Waals surface area contributed by atoms with Gasteiger partial charge in [0.1, 0.15) is 0 Å². The number of aromatic nitrogens is 3. The summed E-state index contributed by atoms with van der Waals surface area (Å²) in [4.78, 5) is 16.9. The SMILES string of the molecule is Cc1cc(C)n(-c2ccc(C(=O)Nc3ccc(N=Nc4ccccc4)cc3)cn2)n1. The Morgan fingerprint density at radius 2 is 1.60 bits per heavy atom. The second kappa shape index (κ2) is 8.48. The Balaban J connectivity index is 1.41. The molecule has 2 heterocycles. The summed E-state index contributed by atoms with van der Waals surface area (Å²) in [6.45, 7) is 3.89. The van der Waals surface area contributed by atoms with Crippen molar-refractivity contribution in [1.29, 1.82) is 0 Å². The maximum atomic E-state index is 12.5. The molecule has 0 radical (unpaired) electrons. The first-order valence-electron chi connectivity index (χ1n) is 9.46. The Morgan fingerprint density at radius 3 is 2.20 bits per heavy atom. The number of azo groups is 1. The van der Waals surface area contributed by atoms with Crippen LogP contribution in [0.5, 0.6) is 0 Å². The van der Waals surface area contributed by atoms with E-state index in [1.54, 1.807) is 47.3 Å². The molecule has 2 aromatic carbocycles. The molecule has 0 spiro atoms. The van der Waals surface area contributed by atoms with Gasteiger partial charge in [-0.2, -0.15) is 15.3 Å². The summed E-state index contributed by atoms with van der Waals surface area (Å²) in [5.41, 5.74) is 4.53. The van der Waals surface area contributed by atoms with E-state index in [1.807, 2.05) is 50.2 Å². The van der Waals surface area contributed by atoms with Crippen molar-refractivity contribution < 1.29 is 4.79 Å². The molecular formula is C23H20N6O. The molecule has 30 heavy (non-hydrogen) atoms. The summed E-state index contributed by atoms with van der Waals surface area (Å²) in [6.07, 6.45) is 1.55. The third-order valence-electron chi connectivity index (χ3n) is 4.40. The van der Waals surface area contributed by atoms with E-state index in [2.05, 4.69) is 25.6 Å². The molecule has 4 rings (SSSR count). The Labute approximate surface area is 174 Å². The number of carbonyl (C=O) groups excluding carboxylic acids is 1. The zero-order chi connectivity index (χ0) is 20.9. The van der Waals surface area contributed by atoms with Gasteiger partial charge in [-0.05, 0) is 68.4 Å². The molecule has 7 heteroatoms. The number of benzene rings is 2. The topological polar surface area (TPSA) is 84.5 Å². The van der Waals surface area contributed by atoms with E-state index < -0.39 is 0 Å². The van der Waals surface area contributed by atoms with Crippen LogP contribution in [-0.4, -0.2) is 20.7 Å². The van der Waals surface area contributed by atoms with Gasteiger partial charge in [0.15, 0.2) is 5.82 Å². The molecule has 0 aliphatic carbocycles. The summed E-state index contributed by atoms with van der Waals surface area (Å²) in [5.74, 6) is 0.436. The van der Waals surface area contributed by atoms with Crippen LogP contribution in [0.15, 0.2) is 89.2 Å². The fraction of sp³-hybridized carbons (Fsp3) is 0.0870. The Bertz CT molecular complexity index is 1180. The Morgan fingerprint density at radius 1 is 0.900 bits per heavy atom. The Kier molecular flexibility index (Phi) is 5.43. The molecule has 7 nitrogen and oxygen atoms in total. The molecule has 0 aliphatic heterocycles. The molecule has 0 fully saturated rings. The number of hydrogen-bond acceptors (Lipinski definition) is 5. The van der Waals surface area contributed by atoms with Crippen LogP contribution in [0.25, 0.3) is 5.82 Å². The number of nitrogens with one attached hydrogen (secondary N) is 1. The van der Waals surface area contributed by atoms with Crippen molar-refractivity contribution in [1.82, 2.24) is 14.8 Å². The maximum Gasteiger partial charge on any atom is 0.257 e. The van der Waals surface area contributed by atoms with Crippen molar-refractivity contribution in [3.05, 3.63) is 95.9 Å². The van der Waals surface area contributed by atoms with Crippen LogP contribution in [0.2, 0.25) is 0 Å². The highest BCUT2D eigenvalue weighted by atomic mass is 16.1. The summed E-state index contributed by atoms with van der Waals surface area (Å²) in [5, 5.41) is 15.6. The minimum absolute atomic E-state index is 0.235. The first-order valence-corrected chi connectivity index (χ1v) is 9.46. The zero-order valence-electron chi connectivity index (χ0n) is 16.6. The van der Waals surface area contributed by atoms with Crippen LogP contribution in [-0.2, 0) is 0 Å². The molecule has 0 atom stereocenters. The molecular weight excluding hydrogens is 376 g/mol. The van der Waals surface area contributed by atoms with Crippen LogP contribution in [0.3, 0.4) is 0 Å². The van der Waals surface area contributed by atoms with Crippen molar-refractivity contribution in [3.63, 3.8) is 0 Å². The maximum absolute atomic E-state index is 12.5. The van der Waals surface area contributed by atoms with Crippen molar-refractivity contribution in [2.75, 3.05) is 5.32 Å². The molecule has 1 N–H and O–H groups in total. The number of hydrogen-bond donors (Lipinski definition) is 1. The molecule has 0 bridgehead atoms. The average molecular weight is 396 g/mol. The minimum Gasteiger partial charge on any atom is -0.322 e. The number of anilines is 1. The van der Waals surface area contributed by atoms with Crippen molar-refractivity contribution in [2.45, 2.75) is 13.8 Å². The lowest BCUT2D eigenvalue weighted by atomic mass is 10.2. The number of carbonyl (C=O) groups is 1. The van der Waals surface area contributed by atoms with E-state index in [1.165, 1.54) is 0 Å². The normalized spacial score (nSPS) is 11.0. The lowest BCUT2D eigenvalue weighted by Gasteiger charge is -2.07. The average Bonchev–Trinajstić information content (AvgIpc) is 3.12. The van der Waals surface area contributed by atoms with Gasteiger partial charge in [-0.15, -0.1) is 0 Å². The van der Waals surface area contributed by atoms with Crippen LogP contribution < -0.4 is 5.32 Å².